The second-order valence-corrected chi connectivity index (χ2v) is 18.1. The van der Waals surface area contributed by atoms with Crippen molar-refractivity contribution < 1.29 is 58.2 Å². The summed E-state index contributed by atoms with van der Waals surface area (Å²) in [7, 11) is 0. The molecular weight excluding hydrogens is 853 g/mol. The number of aliphatic carboxylic acids is 1. The van der Waals surface area contributed by atoms with E-state index in [0.717, 1.165) is 122 Å². The van der Waals surface area contributed by atoms with E-state index in [1.807, 2.05) is 0 Å². The summed E-state index contributed by atoms with van der Waals surface area (Å²) >= 11 is 0. The maximum atomic E-state index is 13.0. The first kappa shape index (κ1) is 61.7. The van der Waals surface area contributed by atoms with Gasteiger partial charge in [-0.25, -0.2) is 4.79 Å². The number of unbranched alkanes of at least 4 members (excludes halogenated alkanes) is 22. The molecule has 0 radical (unpaired) electrons. The number of carbonyl (C=O) groups excluding carboxylic acids is 3. The van der Waals surface area contributed by atoms with Gasteiger partial charge in [-0.15, -0.1) is 0 Å². The van der Waals surface area contributed by atoms with Gasteiger partial charge in [-0.2, -0.15) is 0 Å². The smallest absolute Gasteiger partial charge is 0.335 e. The van der Waals surface area contributed by atoms with Gasteiger partial charge >= 0.3 is 23.9 Å². The van der Waals surface area contributed by atoms with E-state index in [9.17, 15) is 34.5 Å². The lowest BCUT2D eigenvalue weighted by Gasteiger charge is -2.40. The van der Waals surface area contributed by atoms with Crippen molar-refractivity contribution in [3.8, 4) is 0 Å². The SMILES string of the molecule is CCCC/C=C\CCCCCCCC(=O)OC(COC(=O)CCCCCCC/C=C\C/C=C\CCCCC)COC1OC(C(=O)O)C(O)C(O)C1OC(=O)CCCCCCC/C=C\CCCC. The largest absolute Gasteiger partial charge is 0.479 e. The molecule has 0 saturated carbocycles. The Morgan fingerprint density at radius 2 is 0.910 bits per heavy atom. The quantitative estimate of drug-likeness (QED) is 0.0228. The van der Waals surface area contributed by atoms with Gasteiger partial charge in [0, 0.05) is 19.3 Å². The van der Waals surface area contributed by atoms with Crippen LogP contribution in [0.3, 0.4) is 0 Å². The van der Waals surface area contributed by atoms with Crippen LogP contribution in [0.2, 0.25) is 0 Å². The molecule has 0 aromatic carbocycles. The highest BCUT2D eigenvalue weighted by Gasteiger charge is 2.50. The van der Waals surface area contributed by atoms with Gasteiger partial charge in [0.25, 0.3) is 0 Å². The molecule has 6 atom stereocenters. The zero-order valence-corrected chi connectivity index (χ0v) is 42.1. The fraction of sp³-hybridized carbons (Fsp3) is 0.782. The van der Waals surface area contributed by atoms with Gasteiger partial charge in [0.15, 0.2) is 24.6 Å². The summed E-state index contributed by atoms with van der Waals surface area (Å²) in [4.78, 5) is 50.8. The number of carbonyl (C=O) groups is 4. The van der Waals surface area contributed by atoms with Gasteiger partial charge in [-0.1, -0.05) is 166 Å². The van der Waals surface area contributed by atoms with E-state index in [4.69, 9.17) is 23.7 Å². The third-order valence-electron chi connectivity index (χ3n) is 11.8. The van der Waals surface area contributed by atoms with E-state index >= 15 is 0 Å². The molecule has 0 aromatic heterocycles. The van der Waals surface area contributed by atoms with Crippen LogP contribution >= 0.6 is 0 Å². The van der Waals surface area contributed by atoms with Crippen molar-refractivity contribution in [1.29, 1.82) is 0 Å². The number of allylic oxidation sites excluding steroid dienone is 8. The van der Waals surface area contributed by atoms with Crippen LogP contribution in [0.25, 0.3) is 0 Å². The number of carboxylic acid groups (broad SMARTS) is 1. The number of hydrogen-bond acceptors (Lipinski definition) is 11. The van der Waals surface area contributed by atoms with E-state index in [0.29, 0.717) is 19.3 Å². The molecule has 386 valence electrons. The van der Waals surface area contributed by atoms with Gasteiger partial charge in [-0.3, -0.25) is 14.4 Å². The standard InChI is InChI=1S/C55H94O12/c1-4-7-10-13-16-19-22-23-24-25-28-29-32-35-38-41-47(56)63-44-46(65-48(57)42-39-36-33-30-26-20-17-14-11-8-5-2)45-64-55-53(51(60)50(59)52(67-55)54(61)62)66-49(58)43-40-37-34-31-27-21-18-15-12-9-6-3/h14-19,23-24,46,50-53,55,59-60H,4-13,20-22,25-45H2,1-3H3,(H,61,62)/b17-14-,18-15-,19-16-,24-23-. The fourth-order valence-electron chi connectivity index (χ4n) is 7.65. The van der Waals surface area contributed by atoms with Crippen molar-refractivity contribution >= 4 is 23.9 Å². The highest BCUT2D eigenvalue weighted by Crippen LogP contribution is 2.26. The molecule has 1 fully saturated rings. The summed E-state index contributed by atoms with van der Waals surface area (Å²) < 4.78 is 28.2. The average molecular weight is 947 g/mol. The Labute approximate surface area is 405 Å². The van der Waals surface area contributed by atoms with E-state index < -0.39 is 67.3 Å². The number of rotatable bonds is 44. The molecular formula is C55H94O12. The van der Waals surface area contributed by atoms with E-state index in [2.05, 4.69) is 69.4 Å². The topological polar surface area (TPSA) is 175 Å². The van der Waals surface area contributed by atoms with Crippen LogP contribution in [0.5, 0.6) is 0 Å². The summed E-state index contributed by atoms with van der Waals surface area (Å²) in [5.74, 6) is -3.16. The van der Waals surface area contributed by atoms with E-state index in [1.54, 1.807) is 0 Å². The molecule has 0 bridgehead atoms. The Kier molecular flexibility index (Phi) is 40.4. The molecule has 12 heteroatoms. The zero-order chi connectivity index (χ0) is 49.0. The second kappa shape index (κ2) is 43.9. The van der Waals surface area contributed by atoms with Crippen LogP contribution in [0.4, 0.5) is 0 Å². The van der Waals surface area contributed by atoms with E-state index in [-0.39, 0.29) is 25.9 Å². The maximum Gasteiger partial charge on any atom is 0.335 e. The van der Waals surface area contributed by atoms with Gasteiger partial charge in [0.05, 0.1) is 6.61 Å². The summed E-state index contributed by atoms with van der Waals surface area (Å²) in [6, 6.07) is 0. The van der Waals surface area contributed by atoms with Crippen molar-refractivity contribution in [3.63, 3.8) is 0 Å². The highest BCUT2D eigenvalue weighted by atomic mass is 16.7. The first-order chi connectivity index (χ1) is 32.6. The first-order valence-electron chi connectivity index (χ1n) is 26.6. The Hall–Kier alpha value is -3.32. The first-order valence-corrected chi connectivity index (χ1v) is 26.6. The number of hydrogen-bond donors (Lipinski definition) is 3. The van der Waals surface area contributed by atoms with Crippen LogP contribution in [0.15, 0.2) is 48.6 Å². The summed E-state index contributed by atoms with van der Waals surface area (Å²) in [6.07, 6.45) is 38.2. The molecule has 1 rings (SSSR count). The minimum Gasteiger partial charge on any atom is -0.479 e. The molecule has 1 aliphatic heterocycles. The third kappa shape index (κ3) is 34.6. The summed E-state index contributed by atoms with van der Waals surface area (Å²) in [5, 5.41) is 31.3. The zero-order valence-electron chi connectivity index (χ0n) is 42.1. The lowest BCUT2D eigenvalue weighted by atomic mass is 9.98. The van der Waals surface area contributed by atoms with Crippen LogP contribution in [0, 0.1) is 0 Å². The lowest BCUT2D eigenvalue weighted by Crippen LogP contribution is -2.61. The number of carboxylic acids is 1. The molecule has 1 heterocycles. The van der Waals surface area contributed by atoms with Crippen LogP contribution in [-0.2, 0) is 42.9 Å². The van der Waals surface area contributed by atoms with Gasteiger partial charge in [0.2, 0.25) is 0 Å². The predicted molar refractivity (Wildman–Crippen MR) is 266 cm³/mol. The number of ether oxygens (including phenoxy) is 5. The normalized spacial score (nSPS) is 19.2. The van der Waals surface area contributed by atoms with Crippen molar-refractivity contribution in [2.45, 2.75) is 263 Å². The Morgan fingerprint density at radius 3 is 1.40 bits per heavy atom. The lowest BCUT2D eigenvalue weighted by molar-refractivity contribution is -0.301. The third-order valence-corrected chi connectivity index (χ3v) is 11.8. The van der Waals surface area contributed by atoms with Crippen LogP contribution in [-0.4, -0.2) is 89.2 Å². The molecule has 3 N–H and O–H groups in total. The van der Waals surface area contributed by atoms with Gasteiger partial charge in [-0.05, 0) is 89.9 Å². The highest BCUT2D eigenvalue weighted by molar-refractivity contribution is 5.74. The second-order valence-electron chi connectivity index (χ2n) is 18.1. The molecule has 1 saturated heterocycles. The van der Waals surface area contributed by atoms with Crippen molar-refractivity contribution in [1.82, 2.24) is 0 Å². The van der Waals surface area contributed by atoms with Crippen LogP contribution in [0.1, 0.15) is 226 Å². The average Bonchev–Trinajstić information content (AvgIpc) is 3.31. The van der Waals surface area contributed by atoms with Crippen molar-refractivity contribution in [2.24, 2.45) is 0 Å². The number of aliphatic hydroxyl groups excluding tert-OH is 2. The van der Waals surface area contributed by atoms with Gasteiger partial charge in [0.1, 0.15) is 18.8 Å². The monoisotopic (exact) mass is 947 g/mol. The Morgan fingerprint density at radius 1 is 0.493 bits per heavy atom. The van der Waals surface area contributed by atoms with Crippen molar-refractivity contribution in [3.05, 3.63) is 48.6 Å². The minimum absolute atomic E-state index is 0.0479. The molecule has 0 amide bonds. The Bertz CT molecular complexity index is 1360. The molecule has 67 heavy (non-hydrogen) atoms. The predicted octanol–water partition coefficient (Wildman–Crippen LogP) is 12.7. The van der Waals surface area contributed by atoms with Crippen LogP contribution < -0.4 is 0 Å². The fourth-order valence-corrected chi connectivity index (χ4v) is 7.65. The van der Waals surface area contributed by atoms with Gasteiger partial charge < -0.3 is 39.0 Å². The molecule has 12 nitrogen and oxygen atoms in total. The number of esters is 3. The van der Waals surface area contributed by atoms with E-state index in [1.165, 1.54) is 44.9 Å². The molecule has 6 unspecified atom stereocenters. The molecule has 1 aliphatic rings. The minimum atomic E-state index is -1.91. The maximum absolute atomic E-state index is 13.0. The Balaban J connectivity index is 2.74. The van der Waals surface area contributed by atoms with Crippen molar-refractivity contribution in [2.75, 3.05) is 13.2 Å². The molecule has 0 aliphatic carbocycles. The molecule has 0 aromatic rings. The summed E-state index contributed by atoms with van der Waals surface area (Å²) in [6.45, 7) is 5.83. The molecule has 0 spiro atoms. The summed E-state index contributed by atoms with van der Waals surface area (Å²) in [5.41, 5.74) is 0. The number of aliphatic hydroxyl groups is 2.